The van der Waals surface area contributed by atoms with E-state index in [9.17, 15) is 0 Å². The van der Waals surface area contributed by atoms with Gasteiger partial charge >= 0.3 is 0 Å². The van der Waals surface area contributed by atoms with Crippen molar-refractivity contribution in [2.24, 2.45) is 5.92 Å². The second-order valence-corrected chi connectivity index (χ2v) is 3.05. The van der Waals surface area contributed by atoms with Crippen LogP contribution in [0, 0.1) is 5.92 Å². The Balaban J connectivity index is 2.27. The van der Waals surface area contributed by atoms with Gasteiger partial charge in [-0.05, 0) is 32.9 Å². The maximum atomic E-state index is 8.78. The molecule has 1 fully saturated rings. The third-order valence-electron chi connectivity index (χ3n) is 2.28. The molecule has 1 aliphatic rings. The van der Waals surface area contributed by atoms with Gasteiger partial charge in [-0.2, -0.15) is 0 Å². The van der Waals surface area contributed by atoms with Gasteiger partial charge in [-0.15, -0.1) is 0 Å². The Bertz CT molecular complexity index is 90.9. The Morgan fingerprint density at radius 1 is 1.44 bits per heavy atom. The molecular weight excluding hydrogens is 114 g/mol. The number of hydrogen-bond donors (Lipinski definition) is 1. The van der Waals surface area contributed by atoms with Crippen molar-refractivity contribution in [1.29, 1.82) is 0 Å². The summed E-state index contributed by atoms with van der Waals surface area (Å²) >= 11 is 0. The molecule has 0 aromatic heterocycles. The zero-order valence-corrected chi connectivity index (χ0v) is 6.17. The average molecular weight is 129 g/mol. The van der Waals surface area contributed by atoms with E-state index in [1.54, 1.807) is 0 Å². The topological polar surface area (TPSA) is 23.5 Å². The summed E-state index contributed by atoms with van der Waals surface area (Å²) in [7, 11) is 4.15. The van der Waals surface area contributed by atoms with Crippen LogP contribution in [-0.2, 0) is 0 Å². The summed E-state index contributed by atoms with van der Waals surface area (Å²) < 4.78 is 0. The molecule has 0 radical (unpaired) electrons. The Morgan fingerprint density at radius 2 is 2.11 bits per heavy atom. The normalized spacial score (nSPS) is 34.7. The fraction of sp³-hybridized carbons (Fsp3) is 1.00. The average Bonchev–Trinajstić information content (AvgIpc) is 1.61. The molecule has 0 aromatic carbocycles. The molecule has 0 heterocycles. The standard InChI is InChI=1S/C7H15NO/c1-8(2)7-4-3-6(7)5-9/h6-7,9H,3-5H2,1-2H3/t6-,7-/m0/s1. The van der Waals surface area contributed by atoms with Crippen LogP contribution in [0.15, 0.2) is 0 Å². The van der Waals surface area contributed by atoms with Gasteiger partial charge in [0.15, 0.2) is 0 Å². The van der Waals surface area contributed by atoms with Crippen molar-refractivity contribution < 1.29 is 5.11 Å². The minimum Gasteiger partial charge on any atom is -0.396 e. The van der Waals surface area contributed by atoms with E-state index in [1.165, 1.54) is 12.8 Å². The van der Waals surface area contributed by atoms with Crippen LogP contribution in [0.3, 0.4) is 0 Å². The van der Waals surface area contributed by atoms with E-state index in [0.29, 0.717) is 18.6 Å². The molecule has 0 saturated heterocycles. The largest absolute Gasteiger partial charge is 0.396 e. The highest BCUT2D eigenvalue weighted by molar-refractivity contribution is 4.85. The number of rotatable bonds is 2. The first-order valence-corrected chi connectivity index (χ1v) is 3.53. The Hall–Kier alpha value is -0.0800. The molecular formula is C7H15NO. The summed E-state index contributed by atoms with van der Waals surface area (Å²) in [5.74, 6) is 0.556. The van der Waals surface area contributed by atoms with E-state index in [1.807, 2.05) is 0 Å². The van der Waals surface area contributed by atoms with E-state index in [4.69, 9.17) is 5.11 Å². The van der Waals surface area contributed by atoms with Crippen LogP contribution < -0.4 is 0 Å². The van der Waals surface area contributed by atoms with Crippen molar-refractivity contribution in [3.8, 4) is 0 Å². The lowest BCUT2D eigenvalue weighted by Crippen LogP contribution is -2.44. The lowest BCUT2D eigenvalue weighted by molar-refractivity contribution is 0.0557. The third-order valence-corrected chi connectivity index (χ3v) is 2.28. The zero-order valence-electron chi connectivity index (χ0n) is 6.17. The maximum absolute atomic E-state index is 8.78. The van der Waals surface area contributed by atoms with Crippen LogP contribution in [0.25, 0.3) is 0 Å². The molecule has 1 aliphatic carbocycles. The SMILES string of the molecule is CN(C)[C@H]1CC[C@H]1CO. The molecule has 0 amide bonds. The van der Waals surface area contributed by atoms with E-state index >= 15 is 0 Å². The predicted molar refractivity (Wildman–Crippen MR) is 37.3 cm³/mol. The second-order valence-electron chi connectivity index (χ2n) is 3.05. The minimum atomic E-state index is 0.364. The molecule has 0 aliphatic heterocycles. The molecule has 0 aromatic rings. The number of aliphatic hydroxyl groups is 1. The number of aliphatic hydroxyl groups excluding tert-OH is 1. The Kier molecular flexibility index (Phi) is 2.09. The first kappa shape index (κ1) is 7.03. The highest BCUT2D eigenvalue weighted by Gasteiger charge is 2.31. The summed E-state index contributed by atoms with van der Waals surface area (Å²) in [6, 6.07) is 0.648. The van der Waals surface area contributed by atoms with Gasteiger partial charge in [0.2, 0.25) is 0 Å². The van der Waals surface area contributed by atoms with Crippen LogP contribution in [0.4, 0.5) is 0 Å². The van der Waals surface area contributed by atoms with E-state index in [-0.39, 0.29) is 0 Å². The zero-order chi connectivity index (χ0) is 6.85. The molecule has 54 valence electrons. The predicted octanol–water partition coefficient (Wildman–Crippen LogP) is 0.319. The molecule has 1 saturated carbocycles. The van der Waals surface area contributed by atoms with Crippen molar-refractivity contribution in [2.75, 3.05) is 20.7 Å². The highest BCUT2D eigenvalue weighted by Crippen LogP contribution is 2.29. The van der Waals surface area contributed by atoms with Crippen LogP contribution in [0.1, 0.15) is 12.8 Å². The molecule has 2 atom stereocenters. The monoisotopic (exact) mass is 129 g/mol. The molecule has 9 heavy (non-hydrogen) atoms. The number of nitrogens with zero attached hydrogens (tertiary/aromatic N) is 1. The van der Waals surface area contributed by atoms with Gasteiger partial charge in [-0.25, -0.2) is 0 Å². The molecule has 2 heteroatoms. The minimum absolute atomic E-state index is 0.364. The lowest BCUT2D eigenvalue weighted by atomic mass is 9.79. The van der Waals surface area contributed by atoms with Crippen LogP contribution in [0.2, 0.25) is 0 Å². The van der Waals surface area contributed by atoms with E-state index in [2.05, 4.69) is 19.0 Å². The van der Waals surface area contributed by atoms with Gasteiger partial charge in [0.05, 0.1) is 0 Å². The van der Waals surface area contributed by atoms with Crippen molar-refractivity contribution in [1.82, 2.24) is 4.90 Å². The smallest absolute Gasteiger partial charge is 0.0474 e. The van der Waals surface area contributed by atoms with Gasteiger partial charge in [-0.3, -0.25) is 0 Å². The second kappa shape index (κ2) is 2.67. The van der Waals surface area contributed by atoms with Crippen molar-refractivity contribution >= 4 is 0 Å². The summed E-state index contributed by atoms with van der Waals surface area (Å²) in [6.45, 7) is 0.364. The Labute approximate surface area is 56.5 Å². The third kappa shape index (κ3) is 1.25. The van der Waals surface area contributed by atoms with E-state index < -0.39 is 0 Å². The van der Waals surface area contributed by atoms with E-state index in [0.717, 1.165) is 0 Å². The van der Waals surface area contributed by atoms with Gasteiger partial charge in [0, 0.05) is 12.6 Å². The van der Waals surface area contributed by atoms with Crippen molar-refractivity contribution in [3.05, 3.63) is 0 Å². The Morgan fingerprint density at radius 3 is 2.22 bits per heavy atom. The first-order chi connectivity index (χ1) is 4.25. The van der Waals surface area contributed by atoms with Crippen molar-refractivity contribution in [2.45, 2.75) is 18.9 Å². The summed E-state index contributed by atoms with van der Waals surface area (Å²) in [5.41, 5.74) is 0. The highest BCUT2D eigenvalue weighted by atomic mass is 16.3. The first-order valence-electron chi connectivity index (χ1n) is 3.53. The fourth-order valence-electron chi connectivity index (χ4n) is 1.44. The molecule has 1 N–H and O–H groups in total. The van der Waals surface area contributed by atoms with Crippen LogP contribution >= 0.6 is 0 Å². The van der Waals surface area contributed by atoms with Gasteiger partial charge in [0.25, 0.3) is 0 Å². The molecule has 1 rings (SSSR count). The number of hydrogen-bond acceptors (Lipinski definition) is 2. The summed E-state index contributed by atoms with van der Waals surface area (Å²) in [6.07, 6.45) is 2.47. The molecule has 0 unspecified atom stereocenters. The van der Waals surface area contributed by atoms with Crippen LogP contribution in [0.5, 0.6) is 0 Å². The summed E-state index contributed by atoms with van der Waals surface area (Å²) in [4.78, 5) is 2.20. The van der Waals surface area contributed by atoms with Gasteiger partial charge in [0.1, 0.15) is 0 Å². The molecule has 0 bridgehead atoms. The quantitative estimate of drug-likeness (QED) is 0.580. The van der Waals surface area contributed by atoms with Crippen molar-refractivity contribution in [3.63, 3.8) is 0 Å². The fourth-order valence-corrected chi connectivity index (χ4v) is 1.44. The lowest BCUT2D eigenvalue weighted by Gasteiger charge is -2.39. The summed E-state index contributed by atoms with van der Waals surface area (Å²) in [5, 5.41) is 8.78. The van der Waals surface area contributed by atoms with Crippen LogP contribution in [-0.4, -0.2) is 36.8 Å². The molecule has 0 spiro atoms. The van der Waals surface area contributed by atoms with Gasteiger partial charge < -0.3 is 10.0 Å². The molecule has 2 nitrogen and oxygen atoms in total. The van der Waals surface area contributed by atoms with Gasteiger partial charge in [-0.1, -0.05) is 0 Å². The maximum Gasteiger partial charge on any atom is 0.0474 e.